The van der Waals surface area contributed by atoms with Crippen LogP contribution in [-0.2, 0) is 14.8 Å². The number of benzene rings is 3. The first-order chi connectivity index (χ1) is 14.9. The molecule has 1 amide bonds. The lowest BCUT2D eigenvalue weighted by atomic mass is 10.00. The summed E-state index contributed by atoms with van der Waals surface area (Å²) in [4.78, 5) is 12.7. The van der Waals surface area contributed by atoms with Gasteiger partial charge in [0.2, 0.25) is 15.9 Å². The molecule has 2 N–H and O–H groups in total. The highest BCUT2D eigenvalue weighted by atomic mass is 32.2. The monoisotopic (exact) mass is 437 g/mol. The summed E-state index contributed by atoms with van der Waals surface area (Å²) in [6.45, 7) is 3.33. The van der Waals surface area contributed by atoms with E-state index in [9.17, 15) is 13.2 Å². The third-order valence-corrected chi connectivity index (χ3v) is 7.61. The molecule has 0 saturated carbocycles. The maximum atomic E-state index is 12.6. The molecule has 162 valence electrons. The van der Waals surface area contributed by atoms with Gasteiger partial charge in [-0.1, -0.05) is 42.5 Å². The van der Waals surface area contributed by atoms with Gasteiger partial charge in [0.15, 0.2) is 0 Å². The second-order valence-corrected chi connectivity index (χ2v) is 9.79. The number of nitrogens with zero attached hydrogens (tertiary/aromatic N) is 1. The van der Waals surface area contributed by atoms with Crippen molar-refractivity contribution in [1.29, 1.82) is 0 Å². The highest BCUT2D eigenvalue weighted by Crippen LogP contribution is 2.24. The zero-order valence-electron chi connectivity index (χ0n) is 17.5. The lowest BCUT2D eigenvalue weighted by Gasteiger charge is -2.17. The van der Waals surface area contributed by atoms with Gasteiger partial charge >= 0.3 is 0 Å². The minimum absolute atomic E-state index is 0.00447. The Morgan fingerprint density at radius 3 is 2.39 bits per heavy atom. The number of hydrogen-bond donors (Lipinski definition) is 2. The molecule has 1 atom stereocenters. The second-order valence-electron chi connectivity index (χ2n) is 7.85. The maximum absolute atomic E-state index is 12.6. The van der Waals surface area contributed by atoms with Gasteiger partial charge in [0.1, 0.15) is 0 Å². The maximum Gasteiger partial charge on any atom is 0.243 e. The van der Waals surface area contributed by atoms with Crippen LogP contribution in [0.4, 0.5) is 5.69 Å². The number of carbonyl (C=O) groups excluding carboxylic acids is 1. The molecule has 4 rings (SSSR count). The van der Waals surface area contributed by atoms with Crippen molar-refractivity contribution in [3.63, 3.8) is 0 Å². The molecule has 1 heterocycles. The van der Waals surface area contributed by atoms with Crippen molar-refractivity contribution in [2.45, 2.75) is 30.7 Å². The number of fused-ring (bicyclic) bond motifs is 1. The molecule has 6 nitrogen and oxygen atoms in total. The molecule has 0 aliphatic carbocycles. The molecule has 1 unspecified atom stereocenters. The molecular weight excluding hydrogens is 410 g/mol. The number of nitrogens with one attached hydrogen (secondary N) is 2. The van der Waals surface area contributed by atoms with Gasteiger partial charge in [0, 0.05) is 24.8 Å². The molecule has 3 aromatic carbocycles. The van der Waals surface area contributed by atoms with Gasteiger partial charge in [-0.05, 0) is 60.4 Å². The molecule has 0 spiro atoms. The lowest BCUT2D eigenvalue weighted by Crippen LogP contribution is -2.30. The molecule has 7 heteroatoms. The fraction of sp³-hybridized carbons (Fsp3) is 0.292. The quantitative estimate of drug-likeness (QED) is 0.587. The first-order valence-electron chi connectivity index (χ1n) is 10.6. The smallest absolute Gasteiger partial charge is 0.243 e. The first-order valence-corrected chi connectivity index (χ1v) is 12.0. The SMILES string of the molecule is CC(NCC(=O)Nc1ccc(S(=O)(=O)N2CCCC2)cc1)c1cccc2ccccc12. The summed E-state index contributed by atoms with van der Waals surface area (Å²) >= 11 is 0. The van der Waals surface area contributed by atoms with Gasteiger partial charge < -0.3 is 10.6 Å². The van der Waals surface area contributed by atoms with E-state index in [1.165, 1.54) is 15.1 Å². The van der Waals surface area contributed by atoms with Gasteiger partial charge in [-0.15, -0.1) is 0 Å². The molecule has 1 aliphatic rings. The Bertz CT molecular complexity index is 1160. The number of carbonyl (C=O) groups is 1. The van der Waals surface area contributed by atoms with Gasteiger partial charge in [-0.3, -0.25) is 4.79 Å². The molecule has 0 aromatic heterocycles. The van der Waals surface area contributed by atoms with E-state index in [-0.39, 0.29) is 23.4 Å². The second kappa shape index (κ2) is 9.18. The zero-order chi connectivity index (χ0) is 21.8. The Labute approximate surface area is 183 Å². The average Bonchev–Trinajstić information content (AvgIpc) is 3.33. The minimum atomic E-state index is -3.45. The molecule has 1 aliphatic heterocycles. The standard InChI is InChI=1S/C24H27N3O3S/c1-18(22-10-6-8-19-7-2-3-9-23(19)22)25-17-24(28)26-20-11-13-21(14-12-20)31(29,30)27-15-4-5-16-27/h2-3,6-14,18,25H,4-5,15-17H2,1H3,(H,26,28). The summed E-state index contributed by atoms with van der Waals surface area (Å²) in [6.07, 6.45) is 1.80. The van der Waals surface area contributed by atoms with Crippen LogP contribution >= 0.6 is 0 Å². The lowest BCUT2D eigenvalue weighted by molar-refractivity contribution is -0.115. The van der Waals surface area contributed by atoms with Crippen molar-refractivity contribution in [1.82, 2.24) is 9.62 Å². The summed E-state index contributed by atoms with van der Waals surface area (Å²) in [5, 5.41) is 8.43. The number of anilines is 1. The third-order valence-electron chi connectivity index (χ3n) is 5.70. The van der Waals surface area contributed by atoms with Crippen LogP contribution in [0.2, 0.25) is 0 Å². The van der Waals surface area contributed by atoms with Gasteiger partial charge in [-0.2, -0.15) is 4.31 Å². The molecular formula is C24H27N3O3S. The molecule has 1 saturated heterocycles. The average molecular weight is 438 g/mol. The number of sulfonamides is 1. The van der Waals surface area contributed by atoms with E-state index in [1.54, 1.807) is 24.3 Å². The van der Waals surface area contributed by atoms with Crippen LogP contribution < -0.4 is 10.6 Å². The molecule has 3 aromatic rings. The van der Waals surface area contributed by atoms with E-state index in [0.717, 1.165) is 18.4 Å². The highest BCUT2D eigenvalue weighted by molar-refractivity contribution is 7.89. The predicted molar refractivity (Wildman–Crippen MR) is 123 cm³/mol. The Kier molecular flexibility index (Phi) is 6.36. The third kappa shape index (κ3) is 4.79. The van der Waals surface area contributed by atoms with Crippen molar-refractivity contribution in [3.8, 4) is 0 Å². The molecule has 31 heavy (non-hydrogen) atoms. The van der Waals surface area contributed by atoms with E-state index in [1.807, 2.05) is 25.1 Å². The summed E-state index contributed by atoms with van der Waals surface area (Å²) in [5.74, 6) is -0.178. The van der Waals surface area contributed by atoms with E-state index in [0.29, 0.717) is 18.8 Å². The van der Waals surface area contributed by atoms with Gasteiger partial charge in [0.05, 0.1) is 11.4 Å². The van der Waals surface area contributed by atoms with Crippen LogP contribution in [0.25, 0.3) is 10.8 Å². The van der Waals surface area contributed by atoms with Gasteiger partial charge in [0.25, 0.3) is 0 Å². The van der Waals surface area contributed by atoms with E-state index in [2.05, 4.69) is 34.9 Å². The topological polar surface area (TPSA) is 78.5 Å². The molecule has 0 bridgehead atoms. The van der Waals surface area contributed by atoms with E-state index >= 15 is 0 Å². The van der Waals surface area contributed by atoms with Gasteiger partial charge in [-0.25, -0.2) is 8.42 Å². The normalized spacial score (nSPS) is 15.8. The van der Waals surface area contributed by atoms with Crippen LogP contribution in [-0.4, -0.2) is 38.3 Å². The van der Waals surface area contributed by atoms with E-state index in [4.69, 9.17) is 0 Å². The van der Waals surface area contributed by atoms with Crippen LogP contribution in [0.1, 0.15) is 31.4 Å². The van der Waals surface area contributed by atoms with Crippen molar-refractivity contribution in [2.75, 3.05) is 25.0 Å². The van der Waals surface area contributed by atoms with Crippen molar-refractivity contribution >= 4 is 32.4 Å². The van der Waals surface area contributed by atoms with Crippen LogP contribution in [0, 0.1) is 0 Å². The summed E-state index contributed by atoms with van der Waals surface area (Å²) in [6, 6.07) is 20.7. The number of hydrogen-bond acceptors (Lipinski definition) is 4. The summed E-state index contributed by atoms with van der Waals surface area (Å²) in [5.41, 5.74) is 1.72. The first kappa shape index (κ1) is 21.5. The Hall–Kier alpha value is -2.74. The fourth-order valence-corrected chi connectivity index (χ4v) is 5.49. The minimum Gasteiger partial charge on any atom is -0.325 e. The summed E-state index contributed by atoms with van der Waals surface area (Å²) in [7, 11) is -3.45. The largest absolute Gasteiger partial charge is 0.325 e. The highest BCUT2D eigenvalue weighted by Gasteiger charge is 2.26. The molecule has 1 fully saturated rings. The van der Waals surface area contributed by atoms with Crippen LogP contribution in [0.15, 0.2) is 71.6 Å². The zero-order valence-corrected chi connectivity index (χ0v) is 18.4. The van der Waals surface area contributed by atoms with Crippen molar-refractivity contribution in [3.05, 3.63) is 72.3 Å². The number of amides is 1. The Balaban J connectivity index is 1.35. The van der Waals surface area contributed by atoms with Crippen LogP contribution in [0.5, 0.6) is 0 Å². The predicted octanol–water partition coefficient (Wildman–Crippen LogP) is 3.91. The summed E-state index contributed by atoms with van der Waals surface area (Å²) < 4.78 is 26.7. The van der Waals surface area contributed by atoms with Crippen molar-refractivity contribution in [2.24, 2.45) is 0 Å². The molecule has 0 radical (unpaired) electrons. The Morgan fingerprint density at radius 1 is 0.968 bits per heavy atom. The van der Waals surface area contributed by atoms with E-state index < -0.39 is 10.0 Å². The number of rotatable bonds is 7. The fourth-order valence-electron chi connectivity index (χ4n) is 3.98. The Morgan fingerprint density at radius 2 is 1.65 bits per heavy atom. The van der Waals surface area contributed by atoms with Crippen molar-refractivity contribution < 1.29 is 13.2 Å². The van der Waals surface area contributed by atoms with Crippen LogP contribution in [0.3, 0.4) is 0 Å².